The van der Waals surface area contributed by atoms with Crippen molar-refractivity contribution in [2.45, 2.75) is 24.3 Å². The van der Waals surface area contributed by atoms with Crippen LogP contribution in [-0.2, 0) is 6.42 Å². The Labute approximate surface area is 148 Å². The summed E-state index contributed by atoms with van der Waals surface area (Å²) in [5.74, 6) is 1.07. The van der Waals surface area contributed by atoms with Crippen LogP contribution in [0.3, 0.4) is 0 Å². The molecule has 0 heterocycles. The lowest BCUT2D eigenvalue weighted by Gasteiger charge is -2.18. The van der Waals surface area contributed by atoms with Gasteiger partial charge < -0.3 is 5.32 Å². The molecule has 0 saturated carbocycles. The highest BCUT2D eigenvalue weighted by Gasteiger charge is 2.09. The van der Waals surface area contributed by atoms with Gasteiger partial charge in [0.2, 0.25) is 0 Å². The fourth-order valence-electron chi connectivity index (χ4n) is 2.18. The van der Waals surface area contributed by atoms with Crippen molar-refractivity contribution in [1.29, 1.82) is 0 Å². The monoisotopic (exact) mass is 427 g/mol. The summed E-state index contributed by atoms with van der Waals surface area (Å²) < 4.78 is 2.29. The molecule has 4 heteroatoms. The van der Waals surface area contributed by atoms with Crippen molar-refractivity contribution in [2.75, 3.05) is 12.3 Å². The molecule has 1 N–H and O–H groups in total. The Morgan fingerprint density at radius 1 is 1.05 bits per heavy atom. The van der Waals surface area contributed by atoms with Crippen molar-refractivity contribution in [2.24, 2.45) is 0 Å². The molecule has 1 atom stereocenters. The molecule has 0 fully saturated rings. The average Bonchev–Trinajstić information content (AvgIpc) is 2.45. The fourth-order valence-corrected chi connectivity index (χ4v) is 4.19. The molecule has 2 aromatic rings. The SMILES string of the molecule is CCNC(CSc1cccc(Br)c1)Cc1cccc(Br)c1. The van der Waals surface area contributed by atoms with E-state index in [4.69, 9.17) is 0 Å². The van der Waals surface area contributed by atoms with Gasteiger partial charge in [0.15, 0.2) is 0 Å². The number of thioether (sulfide) groups is 1. The maximum absolute atomic E-state index is 3.59. The molecule has 1 nitrogen and oxygen atoms in total. The Balaban J connectivity index is 1.95. The van der Waals surface area contributed by atoms with Crippen LogP contribution < -0.4 is 5.32 Å². The van der Waals surface area contributed by atoms with Crippen molar-refractivity contribution < 1.29 is 0 Å². The van der Waals surface area contributed by atoms with Crippen molar-refractivity contribution in [1.82, 2.24) is 5.32 Å². The molecule has 112 valence electrons. The minimum absolute atomic E-state index is 0.480. The highest BCUT2D eigenvalue weighted by Crippen LogP contribution is 2.23. The third-order valence-corrected chi connectivity index (χ3v) is 5.25. The summed E-state index contributed by atoms with van der Waals surface area (Å²) in [5, 5.41) is 3.59. The van der Waals surface area contributed by atoms with Crippen LogP contribution in [0.15, 0.2) is 62.4 Å². The van der Waals surface area contributed by atoms with Crippen LogP contribution in [0.5, 0.6) is 0 Å². The summed E-state index contributed by atoms with van der Waals surface area (Å²) in [5.41, 5.74) is 1.37. The van der Waals surface area contributed by atoms with E-state index in [0.717, 1.165) is 27.7 Å². The van der Waals surface area contributed by atoms with Gasteiger partial charge in [-0.25, -0.2) is 0 Å². The minimum Gasteiger partial charge on any atom is -0.313 e. The van der Waals surface area contributed by atoms with Crippen LogP contribution in [0, 0.1) is 0 Å². The number of benzene rings is 2. The van der Waals surface area contributed by atoms with Crippen LogP contribution >= 0.6 is 43.6 Å². The Bertz CT molecular complexity index is 574. The molecule has 21 heavy (non-hydrogen) atoms. The first-order valence-electron chi connectivity index (χ1n) is 7.03. The lowest BCUT2D eigenvalue weighted by Crippen LogP contribution is -2.33. The first-order valence-corrected chi connectivity index (χ1v) is 9.60. The molecule has 0 aliphatic rings. The Kier molecular flexibility index (Phi) is 7.30. The van der Waals surface area contributed by atoms with Crippen LogP contribution in [0.25, 0.3) is 0 Å². The van der Waals surface area contributed by atoms with Crippen molar-refractivity contribution in [3.8, 4) is 0 Å². The van der Waals surface area contributed by atoms with Gasteiger partial charge >= 0.3 is 0 Å². The standard InChI is InChI=1S/C17H19Br2NS/c1-2-20-16(10-13-5-3-6-14(18)9-13)12-21-17-8-4-7-15(19)11-17/h3-9,11,16,20H,2,10,12H2,1H3. The van der Waals surface area contributed by atoms with Gasteiger partial charge in [0.1, 0.15) is 0 Å². The number of nitrogens with one attached hydrogen (secondary N) is 1. The summed E-state index contributed by atoms with van der Waals surface area (Å²) in [6.07, 6.45) is 1.05. The second kappa shape index (κ2) is 8.99. The first kappa shape index (κ1) is 17.1. The molecule has 2 rings (SSSR count). The Morgan fingerprint density at radius 3 is 2.43 bits per heavy atom. The van der Waals surface area contributed by atoms with Gasteiger partial charge in [-0.1, -0.05) is 57.0 Å². The molecule has 0 bridgehead atoms. The topological polar surface area (TPSA) is 12.0 Å². The van der Waals surface area contributed by atoms with E-state index in [-0.39, 0.29) is 0 Å². The molecular weight excluding hydrogens is 410 g/mol. The molecule has 0 spiro atoms. The molecule has 0 saturated heterocycles. The van der Waals surface area contributed by atoms with Crippen LogP contribution in [0.2, 0.25) is 0 Å². The average molecular weight is 429 g/mol. The molecule has 0 aliphatic carbocycles. The quantitative estimate of drug-likeness (QED) is 0.582. The summed E-state index contributed by atoms with van der Waals surface area (Å²) in [7, 11) is 0. The lowest BCUT2D eigenvalue weighted by atomic mass is 10.1. The Morgan fingerprint density at radius 2 is 1.76 bits per heavy atom. The van der Waals surface area contributed by atoms with E-state index < -0.39 is 0 Å². The van der Waals surface area contributed by atoms with Crippen molar-refractivity contribution in [3.63, 3.8) is 0 Å². The van der Waals surface area contributed by atoms with E-state index in [1.54, 1.807) is 0 Å². The highest BCUT2D eigenvalue weighted by molar-refractivity contribution is 9.10. The maximum atomic E-state index is 3.59. The number of hydrogen-bond acceptors (Lipinski definition) is 2. The summed E-state index contributed by atoms with van der Waals surface area (Å²) >= 11 is 8.97. The summed E-state index contributed by atoms with van der Waals surface area (Å²) in [6.45, 7) is 3.16. The normalized spacial score (nSPS) is 12.3. The van der Waals surface area contributed by atoms with E-state index in [2.05, 4.69) is 92.6 Å². The second-order valence-corrected chi connectivity index (χ2v) is 7.78. The summed E-state index contributed by atoms with van der Waals surface area (Å²) in [4.78, 5) is 1.31. The molecule has 0 amide bonds. The number of likely N-dealkylation sites (N-methyl/N-ethyl adjacent to an activating group) is 1. The number of hydrogen-bond donors (Lipinski definition) is 1. The summed E-state index contributed by atoms with van der Waals surface area (Å²) in [6, 6.07) is 17.5. The molecule has 0 aliphatic heterocycles. The van der Waals surface area contributed by atoms with Gasteiger partial charge in [-0.3, -0.25) is 0 Å². The molecule has 0 radical (unpaired) electrons. The zero-order valence-electron chi connectivity index (χ0n) is 12.0. The van der Waals surface area contributed by atoms with Crippen LogP contribution in [0.4, 0.5) is 0 Å². The zero-order chi connectivity index (χ0) is 15.1. The van der Waals surface area contributed by atoms with Crippen molar-refractivity contribution in [3.05, 3.63) is 63.0 Å². The van der Waals surface area contributed by atoms with Gasteiger partial charge in [-0.05, 0) is 48.9 Å². The van der Waals surface area contributed by atoms with E-state index in [9.17, 15) is 0 Å². The predicted molar refractivity (Wildman–Crippen MR) is 100 cm³/mol. The second-order valence-electron chi connectivity index (χ2n) is 4.86. The highest BCUT2D eigenvalue weighted by atomic mass is 79.9. The van der Waals surface area contributed by atoms with E-state index in [1.807, 2.05) is 11.8 Å². The van der Waals surface area contributed by atoms with Gasteiger partial charge in [-0.2, -0.15) is 0 Å². The largest absolute Gasteiger partial charge is 0.313 e. The minimum atomic E-state index is 0.480. The molecule has 1 unspecified atom stereocenters. The maximum Gasteiger partial charge on any atom is 0.0201 e. The van der Waals surface area contributed by atoms with E-state index >= 15 is 0 Å². The van der Waals surface area contributed by atoms with Crippen LogP contribution in [-0.4, -0.2) is 18.3 Å². The van der Waals surface area contributed by atoms with Crippen molar-refractivity contribution >= 4 is 43.6 Å². The van der Waals surface area contributed by atoms with E-state index in [1.165, 1.54) is 10.5 Å². The Hall–Kier alpha value is -0.290. The van der Waals surface area contributed by atoms with Gasteiger partial charge in [-0.15, -0.1) is 11.8 Å². The molecule has 2 aromatic carbocycles. The molecular formula is C17H19Br2NS. The van der Waals surface area contributed by atoms with Crippen LogP contribution in [0.1, 0.15) is 12.5 Å². The van der Waals surface area contributed by atoms with Gasteiger partial charge in [0.25, 0.3) is 0 Å². The third kappa shape index (κ3) is 6.15. The fraction of sp³-hybridized carbons (Fsp3) is 0.294. The molecule has 0 aromatic heterocycles. The first-order chi connectivity index (χ1) is 10.2. The zero-order valence-corrected chi connectivity index (χ0v) is 16.0. The van der Waals surface area contributed by atoms with Gasteiger partial charge in [0.05, 0.1) is 0 Å². The van der Waals surface area contributed by atoms with Gasteiger partial charge in [0, 0.05) is 25.6 Å². The number of halogens is 2. The smallest absolute Gasteiger partial charge is 0.0201 e. The third-order valence-electron chi connectivity index (χ3n) is 3.11. The number of rotatable bonds is 7. The van der Waals surface area contributed by atoms with E-state index in [0.29, 0.717) is 6.04 Å². The predicted octanol–water partition coefficient (Wildman–Crippen LogP) is 5.52. The lowest BCUT2D eigenvalue weighted by molar-refractivity contribution is 0.572.